The molecule has 7 heteroatoms. The average molecular weight is 362 g/mol. The number of ether oxygens (including phenoxy) is 1. The quantitative estimate of drug-likeness (QED) is 0.698. The van der Waals surface area contributed by atoms with Crippen LogP contribution < -0.4 is 10.1 Å². The molecule has 0 bridgehead atoms. The summed E-state index contributed by atoms with van der Waals surface area (Å²) >= 11 is 0. The third kappa shape index (κ3) is 5.21. The number of amides is 2. The summed E-state index contributed by atoms with van der Waals surface area (Å²) in [5.74, 6) is -1.26. The molecule has 0 saturated carbocycles. The Kier molecular flexibility index (Phi) is 7.00. The SMILES string of the molecule is CCCCC(NC(=O)C1CC(=O)N(Cc2ccc(OC)cc2)C1)C(=O)O. The van der Waals surface area contributed by atoms with Gasteiger partial charge in [-0.15, -0.1) is 0 Å². The fourth-order valence-electron chi connectivity index (χ4n) is 3.01. The van der Waals surface area contributed by atoms with Crippen LogP contribution in [0.25, 0.3) is 0 Å². The highest BCUT2D eigenvalue weighted by Gasteiger charge is 2.35. The molecule has 2 amide bonds. The van der Waals surface area contributed by atoms with E-state index in [1.807, 2.05) is 31.2 Å². The van der Waals surface area contributed by atoms with Gasteiger partial charge in [-0.1, -0.05) is 31.9 Å². The Morgan fingerprint density at radius 3 is 2.62 bits per heavy atom. The van der Waals surface area contributed by atoms with E-state index in [0.29, 0.717) is 19.5 Å². The van der Waals surface area contributed by atoms with E-state index < -0.39 is 17.9 Å². The topological polar surface area (TPSA) is 95.9 Å². The smallest absolute Gasteiger partial charge is 0.326 e. The van der Waals surface area contributed by atoms with Gasteiger partial charge >= 0.3 is 5.97 Å². The van der Waals surface area contributed by atoms with Crippen molar-refractivity contribution in [2.45, 2.75) is 45.2 Å². The van der Waals surface area contributed by atoms with Crippen molar-refractivity contribution in [3.8, 4) is 5.75 Å². The van der Waals surface area contributed by atoms with Crippen molar-refractivity contribution >= 4 is 17.8 Å². The third-order valence-corrected chi connectivity index (χ3v) is 4.58. The first-order chi connectivity index (χ1) is 12.4. The fraction of sp³-hybridized carbons (Fsp3) is 0.526. The molecule has 7 nitrogen and oxygen atoms in total. The molecule has 0 spiro atoms. The minimum atomic E-state index is -1.04. The lowest BCUT2D eigenvalue weighted by atomic mass is 10.1. The monoisotopic (exact) mass is 362 g/mol. The van der Waals surface area contributed by atoms with E-state index in [1.54, 1.807) is 12.0 Å². The van der Waals surface area contributed by atoms with Gasteiger partial charge < -0.3 is 20.1 Å². The molecule has 2 unspecified atom stereocenters. The lowest BCUT2D eigenvalue weighted by Crippen LogP contribution is -2.44. The van der Waals surface area contributed by atoms with Gasteiger partial charge in [-0.2, -0.15) is 0 Å². The van der Waals surface area contributed by atoms with Gasteiger partial charge in [-0.3, -0.25) is 9.59 Å². The number of carbonyl (C=O) groups is 3. The summed E-state index contributed by atoms with van der Waals surface area (Å²) in [5.41, 5.74) is 0.951. The number of aliphatic carboxylic acids is 1. The van der Waals surface area contributed by atoms with Crippen LogP contribution in [-0.2, 0) is 20.9 Å². The van der Waals surface area contributed by atoms with E-state index in [0.717, 1.165) is 24.2 Å². The number of benzene rings is 1. The summed E-state index contributed by atoms with van der Waals surface area (Å²) in [7, 11) is 1.59. The molecular weight excluding hydrogens is 336 g/mol. The molecule has 1 heterocycles. The minimum Gasteiger partial charge on any atom is -0.497 e. The number of methoxy groups -OCH3 is 1. The van der Waals surface area contributed by atoms with Crippen LogP contribution in [0.1, 0.15) is 38.2 Å². The van der Waals surface area contributed by atoms with Gasteiger partial charge in [0.1, 0.15) is 11.8 Å². The minimum absolute atomic E-state index is 0.0959. The Balaban J connectivity index is 1.92. The van der Waals surface area contributed by atoms with Gasteiger partial charge in [0.15, 0.2) is 0 Å². The summed E-state index contributed by atoms with van der Waals surface area (Å²) in [5, 5.41) is 11.8. The van der Waals surface area contributed by atoms with Gasteiger partial charge in [-0.25, -0.2) is 4.79 Å². The Hall–Kier alpha value is -2.57. The van der Waals surface area contributed by atoms with Crippen LogP contribution in [0.15, 0.2) is 24.3 Å². The van der Waals surface area contributed by atoms with Gasteiger partial charge in [0.05, 0.1) is 13.0 Å². The van der Waals surface area contributed by atoms with E-state index in [4.69, 9.17) is 4.74 Å². The maximum absolute atomic E-state index is 12.4. The van der Waals surface area contributed by atoms with Crippen molar-refractivity contribution in [3.05, 3.63) is 29.8 Å². The molecule has 1 aromatic rings. The average Bonchev–Trinajstić information content (AvgIpc) is 2.99. The van der Waals surface area contributed by atoms with E-state index in [9.17, 15) is 19.5 Å². The number of carboxylic acids is 1. The van der Waals surface area contributed by atoms with Crippen LogP contribution in [0.5, 0.6) is 5.75 Å². The van der Waals surface area contributed by atoms with Crippen molar-refractivity contribution in [1.82, 2.24) is 10.2 Å². The fourth-order valence-corrected chi connectivity index (χ4v) is 3.01. The molecule has 2 N–H and O–H groups in total. The first-order valence-corrected chi connectivity index (χ1v) is 8.88. The Morgan fingerprint density at radius 2 is 2.04 bits per heavy atom. The summed E-state index contributed by atoms with van der Waals surface area (Å²) in [4.78, 5) is 37.5. The molecule has 1 fully saturated rings. The second kappa shape index (κ2) is 9.22. The van der Waals surface area contributed by atoms with Gasteiger partial charge in [0.25, 0.3) is 0 Å². The molecule has 0 radical (unpaired) electrons. The molecule has 2 atom stereocenters. The Morgan fingerprint density at radius 1 is 1.35 bits per heavy atom. The van der Waals surface area contributed by atoms with E-state index >= 15 is 0 Å². The predicted octanol–water partition coefficient (Wildman–Crippen LogP) is 1.80. The summed E-state index contributed by atoms with van der Waals surface area (Å²) in [6.45, 7) is 2.69. The molecule has 1 aliphatic heterocycles. The third-order valence-electron chi connectivity index (χ3n) is 4.58. The van der Waals surface area contributed by atoms with Crippen molar-refractivity contribution in [2.24, 2.45) is 5.92 Å². The highest BCUT2D eigenvalue weighted by atomic mass is 16.5. The maximum Gasteiger partial charge on any atom is 0.326 e. The number of hydrogen-bond acceptors (Lipinski definition) is 4. The molecule has 142 valence electrons. The summed E-state index contributed by atoms with van der Waals surface area (Å²) in [6.07, 6.45) is 2.09. The van der Waals surface area contributed by atoms with Crippen molar-refractivity contribution in [3.63, 3.8) is 0 Å². The number of hydrogen-bond donors (Lipinski definition) is 2. The molecule has 1 aromatic carbocycles. The number of nitrogens with zero attached hydrogens (tertiary/aromatic N) is 1. The number of carbonyl (C=O) groups excluding carboxylic acids is 2. The molecule has 0 aliphatic carbocycles. The number of likely N-dealkylation sites (tertiary alicyclic amines) is 1. The largest absolute Gasteiger partial charge is 0.497 e. The lowest BCUT2D eigenvalue weighted by molar-refractivity contribution is -0.142. The van der Waals surface area contributed by atoms with Crippen molar-refractivity contribution in [1.29, 1.82) is 0 Å². The van der Waals surface area contributed by atoms with Gasteiger partial charge in [-0.05, 0) is 24.1 Å². The Bertz CT molecular complexity index is 644. The van der Waals surface area contributed by atoms with Gasteiger partial charge in [0.2, 0.25) is 11.8 Å². The lowest BCUT2D eigenvalue weighted by Gasteiger charge is -2.18. The number of nitrogens with one attached hydrogen (secondary N) is 1. The molecule has 1 saturated heterocycles. The molecule has 26 heavy (non-hydrogen) atoms. The molecule has 0 aromatic heterocycles. The zero-order valence-corrected chi connectivity index (χ0v) is 15.2. The number of carboxylic acid groups (broad SMARTS) is 1. The van der Waals surface area contributed by atoms with E-state index in [-0.39, 0.29) is 18.2 Å². The van der Waals surface area contributed by atoms with Crippen molar-refractivity contribution in [2.75, 3.05) is 13.7 Å². The van der Waals surface area contributed by atoms with Crippen molar-refractivity contribution < 1.29 is 24.2 Å². The van der Waals surface area contributed by atoms with Crippen LogP contribution in [-0.4, -0.2) is 47.5 Å². The summed E-state index contributed by atoms with van der Waals surface area (Å²) < 4.78 is 5.11. The first kappa shape index (κ1) is 19.8. The number of unbranched alkanes of at least 4 members (excludes halogenated alkanes) is 1. The second-order valence-electron chi connectivity index (χ2n) is 6.57. The highest BCUT2D eigenvalue weighted by molar-refractivity contribution is 5.91. The van der Waals surface area contributed by atoms with Crippen LogP contribution in [0, 0.1) is 5.92 Å². The highest BCUT2D eigenvalue weighted by Crippen LogP contribution is 2.22. The maximum atomic E-state index is 12.4. The van der Waals surface area contributed by atoms with Crippen LogP contribution >= 0.6 is 0 Å². The molecular formula is C19H26N2O5. The summed E-state index contributed by atoms with van der Waals surface area (Å²) in [6, 6.07) is 6.51. The first-order valence-electron chi connectivity index (χ1n) is 8.88. The molecule has 1 aliphatic rings. The number of rotatable bonds is 9. The second-order valence-corrected chi connectivity index (χ2v) is 6.57. The van der Waals surface area contributed by atoms with Gasteiger partial charge in [0, 0.05) is 19.5 Å². The van der Waals surface area contributed by atoms with Crippen LogP contribution in [0.4, 0.5) is 0 Å². The molecule has 2 rings (SSSR count). The zero-order valence-electron chi connectivity index (χ0n) is 15.2. The van der Waals surface area contributed by atoms with E-state index in [1.165, 1.54) is 0 Å². The predicted molar refractivity (Wildman–Crippen MR) is 95.6 cm³/mol. The van der Waals surface area contributed by atoms with Crippen LogP contribution in [0.3, 0.4) is 0 Å². The van der Waals surface area contributed by atoms with Crippen LogP contribution in [0.2, 0.25) is 0 Å². The van der Waals surface area contributed by atoms with E-state index in [2.05, 4.69) is 5.32 Å². The standard InChI is InChI=1S/C19H26N2O5/c1-3-4-5-16(19(24)25)20-18(23)14-10-17(22)21(12-14)11-13-6-8-15(26-2)9-7-13/h6-9,14,16H,3-5,10-12H2,1-2H3,(H,20,23)(H,24,25). The normalized spacial score (nSPS) is 17.8. The Labute approximate surface area is 153 Å². The zero-order chi connectivity index (χ0) is 19.1.